The molecule has 0 heterocycles. The van der Waals surface area contributed by atoms with Gasteiger partial charge in [-0.05, 0) is 67.1 Å². The van der Waals surface area contributed by atoms with Crippen LogP contribution in [0.5, 0.6) is 0 Å². The van der Waals surface area contributed by atoms with Crippen LogP contribution in [-0.4, -0.2) is 0 Å². The van der Waals surface area contributed by atoms with E-state index >= 15 is 0 Å². The van der Waals surface area contributed by atoms with E-state index in [4.69, 9.17) is 0 Å². The minimum Gasteiger partial charge on any atom is -0.0654 e. The topological polar surface area (TPSA) is 0 Å². The molecule has 0 spiro atoms. The van der Waals surface area contributed by atoms with E-state index in [-0.39, 0.29) is 0 Å². The zero-order valence-corrected chi connectivity index (χ0v) is 20.4. The van der Waals surface area contributed by atoms with E-state index in [2.05, 4.69) is 34.6 Å². The molecule has 0 aromatic heterocycles. The monoisotopic (exact) mass is 390 g/mol. The van der Waals surface area contributed by atoms with Crippen LogP contribution in [-0.2, 0) is 0 Å². The molecule has 2 aliphatic carbocycles. The van der Waals surface area contributed by atoms with Crippen molar-refractivity contribution in [3.8, 4) is 0 Å². The molecule has 0 aliphatic heterocycles. The summed E-state index contributed by atoms with van der Waals surface area (Å²) in [5, 5.41) is 0. The van der Waals surface area contributed by atoms with Gasteiger partial charge in [0.1, 0.15) is 0 Å². The molecule has 0 amide bonds. The van der Waals surface area contributed by atoms with Crippen LogP contribution in [0.15, 0.2) is 0 Å². The van der Waals surface area contributed by atoms with Gasteiger partial charge in [-0.1, -0.05) is 112 Å². The molecule has 2 fully saturated rings. The molecule has 0 radical (unpaired) electrons. The molecule has 6 atom stereocenters. The molecule has 0 N–H and O–H groups in total. The Kier molecular flexibility index (Phi) is 11.0. The fourth-order valence-corrected chi connectivity index (χ4v) is 7.29. The normalized spacial score (nSPS) is 37.8. The number of unbranched alkanes of at least 4 members (excludes halogenated alkanes) is 2. The summed E-state index contributed by atoms with van der Waals surface area (Å²) in [7, 11) is 0. The minimum atomic E-state index is 0.623. The lowest BCUT2D eigenvalue weighted by Gasteiger charge is -2.40. The third-order valence-electron chi connectivity index (χ3n) is 9.19. The largest absolute Gasteiger partial charge is 0.0654 e. The molecule has 28 heavy (non-hydrogen) atoms. The first kappa shape index (κ1) is 24.3. The molecule has 2 rings (SSSR count). The van der Waals surface area contributed by atoms with E-state index in [1.165, 1.54) is 103 Å². The van der Waals surface area contributed by atoms with Gasteiger partial charge in [-0.3, -0.25) is 0 Å². The molecule has 0 heteroatoms. The van der Waals surface area contributed by atoms with Gasteiger partial charge < -0.3 is 0 Å². The lowest BCUT2D eigenvalue weighted by molar-refractivity contribution is 0.105. The lowest BCUT2D eigenvalue weighted by Crippen LogP contribution is -2.30. The van der Waals surface area contributed by atoms with Gasteiger partial charge in [0.15, 0.2) is 0 Å². The first-order valence-corrected chi connectivity index (χ1v) is 13.5. The van der Waals surface area contributed by atoms with Crippen molar-refractivity contribution in [2.75, 3.05) is 0 Å². The van der Waals surface area contributed by atoms with Gasteiger partial charge in [0.05, 0.1) is 0 Å². The third-order valence-corrected chi connectivity index (χ3v) is 9.19. The van der Waals surface area contributed by atoms with Gasteiger partial charge in [0, 0.05) is 0 Å². The van der Waals surface area contributed by atoms with E-state index < -0.39 is 0 Å². The molecule has 2 aliphatic rings. The maximum atomic E-state index is 2.70. The van der Waals surface area contributed by atoms with E-state index in [9.17, 15) is 0 Å². The summed E-state index contributed by atoms with van der Waals surface area (Å²) < 4.78 is 0. The Labute approximate surface area is 179 Å². The summed E-state index contributed by atoms with van der Waals surface area (Å²) >= 11 is 0. The fraction of sp³-hybridized carbons (Fsp3) is 1.00. The van der Waals surface area contributed by atoms with Gasteiger partial charge >= 0.3 is 0 Å². The highest BCUT2D eigenvalue weighted by atomic mass is 14.4. The Bertz CT molecular complexity index is 399. The van der Waals surface area contributed by atoms with Gasteiger partial charge in [-0.25, -0.2) is 0 Å². The highest BCUT2D eigenvalue weighted by Gasteiger charge is 2.36. The average molecular weight is 391 g/mol. The first-order valence-electron chi connectivity index (χ1n) is 13.5. The second-order valence-electron chi connectivity index (χ2n) is 11.3. The van der Waals surface area contributed by atoms with Crippen molar-refractivity contribution in [1.29, 1.82) is 0 Å². The van der Waals surface area contributed by atoms with E-state index in [1.807, 2.05) is 0 Å². The molecule has 0 aromatic rings. The Morgan fingerprint density at radius 1 is 0.821 bits per heavy atom. The third kappa shape index (κ3) is 7.05. The quantitative estimate of drug-likeness (QED) is 0.343. The van der Waals surface area contributed by atoms with Crippen molar-refractivity contribution >= 4 is 0 Å². The maximum Gasteiger partial charge on any atom is -0.0297 e. The number of rotatable bonds is 9. The predicted molar refractivity (Wildman–Crippen MR) is 127 cm³/mol. The van der Waals surface area contributed by atoms with E-state index in [0.717, 1.165) is 29.6 Å². The molecule has 0 nitrogen and oxygen atoms in total. The number of hydrogen-bond acceptors (Lipinski definition) is 0. The van der Waals surface area contributed by atoms with Crippen molar-refractivity contribution in [3.05, 3.63) is 0 Å². The average Bonchev–Trinajstić information content (AvgIpc) is 2.74. The summed E-state index contributed by atoms with van der Waals surface area (Å²) in [6.07, 6.45) is 25.3. The fourth-order valence-electron chi connectivity index (χ4n) is 7.29. The van der Waals surface area contributed by atoms with Crippen LogP contribution in [0.1, 0.15) is 144 Å². The first-order chi connectivity index (χ1) is 13.5. The van der Waals surface area contributed by atoms with Crippen LogP contribution in [0, 0.1) is 35.0 Å². The van der Waals surface area contributed by atoms with Crippen LogP contribution >= 0.6 is 0 Å². The van der Waals surface area contributed by atoms with Crippen LogP contribution in [0.25, 0.3) is 0 Å². The standard InChI is InChI=1S/C28H54/c1-6-9-12-20-28(5)21-19-24(16-10-11-18-26(28)14-7-2)22-25-17-13-15-23(4)27(25)8-3/h23-27H,6-22H2,1-5H3. The zero-order valence-electron chi connectivity index (χ0n) is 20.4. The van der Waals surface area contributed by atoms with Gasteiger partial charge in [0.25, 0.3) is 0 Å². The molecule has 166 valence electrons. The molecular formula is C28H54. The lowest BCUT2D eigenvalue weighted by atomic mass is 9.65. The molecule has 0 saturated heterocycles. The van der Waals surface area contributed by atoms with Crippen molar-refractivity contribution in [2.45, 2.75) is 144 Å². The van der Waals surface area contributed by atoms with Crippen LogP contribution in [0.3, 0.4) is 0 Å². The zero-order chi connectivity index (χ0) is 20.4. The van der Waals surface area contributed by atoms with E-state index in [1.54, 1.807) is 6.42 Å². The Hall–Kier alpha value is 0. The number of hydrogen-bond donors (Lipinski definition) is 0. The minimum absolute atomic E-state index is 0.623. The Morgan fingerprint density at radius 3 is 2.32 bits per heavy atom. The second-order valence-corrected chi connectivity index (χ2v) is 11.3. The molecule has 0 aromatic carbocycles. The Morgan fingerprint density at radius 2 is 1.61 bits per heavy atom. The second kappa shape index (κ2) is 12.6. The summed E-state index contributed by atoms with van der Waals surface area (Å²) in [5.41, 5.74) is 0.623. The maximum absolute atomic E-state index is 2.70. The molecule has 2 saturated carbocycles. The van der Waals surface area contributed by atoms with Gasteiger partial charge in [0.2, 0.25) is 0 Å². The van der Waals surface area contributed by atoms with Crippen molar-refractivity contribution in [1.82, 2.24) is 0 Å². The molecular weight excluding hydrogens is 336 g/mol. The molecule has 0 bridgehead atoms. The SMILES string of the molecule is CCCCCC1(C)CCC(CC2CCCC(C)C2CC)CCCCC1CCC. The van der Waals surface area contributed by atoms with E-state index in [0.29, 0.717) is 5.41 Å². The Balaban J connectivity index is 2.02. The van der Waals surface area contributed by atoms with Crippen LogP contribution < -0.4 is 0 Å². The predicted octanol–water partition coefficient (Wildman–Crippen LogP) is 9.81. The van der Waals surface area contributed by atoms with Crippen LogP contribution in [0.4, 0.5) is 0 Å². The summed E-state index contributed by atoms with van der Waals surface area (Å²) in [6, 6.07) is 0. The highest BCUT2D eigenvalue weighted by molar-refractivity contribution is 4.87. The highest BCUT2D eigenvalue weighted by Crippen LogP contribution is 2.47. The van der Waals surface area contributed by atoms with Crippen molar-refractivity contribution < 1.29 is 0 Å². The van der Waals surface area contributed by atoms with Gasteiger partial charge in [-0.15, -0.1) is 0 Å². The van der Waals surface area contributed by atoms with Crippen LogP contribution in [0.2, 0.25) is 0 Å². The van der Waals surface area contributed by atoms with Crippen molar-refractivity contribution in [3.63, 3.8) is 0 Å². The van der Waals surface area contributed by atoms with Crippen molar-refractivity contribution in [2.24, 2.45) is 35.0 Å². The summed E-state index contributed by atoms with van der Waals surface area (Å²) in [6.45, 7) is 12.5. The van der Waals surface area contributed by atoms with Gasteiger partial charge in [-0.2, -0.15) is 0 Å². The smallest absolute Gasteiger partial charge is 0.0297 e. The molecule has 6 unspecified atom stereocenters. The summed E-state index contributed by atoms with van der Waals surface area (Å²) in [5.74, 6) is 5.05. The summed E-state index contributed by atoms with van der Waals surface area (Å²) in [4.78, 5) is 0.